The number of carbonyl (C=O) groups is 1. The lowest BCUT2D eigenvalue weighted by atomic mass is 10.1. The third kappa shape index (κ3) is 4.42. The summed E-state index contributed by atoms with van der Waals surface area (Å²) in [6.07, 6.45) is 2.58. The number of amides is 1. The molecule has 1 heterocycles. The third-order valence-electron chi connectivity index (χ3n) is 3.41. The molecule has 1 fully saturated rings. The van der Waals surface area contributed by atoms with Gasteiger partial charge in [0.05, 0.1) is 0 Å². The Balaban J connectivity index is 0.00000200. The smallest absolute Gasteiger partial charge is 0.224 e. The molecular weight excluding hydrogens is 286 g/mol. The van der Waals surface area contributed by atoms with Crippen LogP contribution in [0, 0.1) is 11.6 Å². The number of carbonyl (C=O) groups excluding carboxylic acids is 1. The van der Waals surface area contributed by atoms with Gasteiger partial charge in [-0.25, -0.2) is 8.78 Å². The summed E-state index contributed by atoms with van der Waals surface area (Å²) in [5, 5.41) is 3.27. The summed E-state index contributed by atoms with van der Waals surface area (Å²) < 4.78 is 25.9. The highest BCUT2D eigenvalue weighted by atomic mass is 35.5. The van der Waals surface area contributed by atoms with Gasteiger partial charge in [-0.1, -0.05) is 6.07 Å². The summed E-state index contributed by atoms with van der Waals surface area (Å²) in [5.74, 6) is -1.73. The second kappa shape index (κ2) is 7.55. The van der Waals surface area contributed by atoms with Crippen LogP contribution < -0.4 is 5.32 Å². The lowest BCUT2D eigenvalue weighted by molar-refractivity contribution is -0.130. The van der Waals surface area contributed by atoms with E-state index in [9.17, 15) is 13.6 Å². The minimum Gasteiger partial charge on any atom is -0.341 e. The molecule has 1 saturated heterocycles. The number of nitrogens with one attached hydrogen (secondary N) is 1. The Morgan fingerprint density at radius 1 is 1.40 bits per heavy atom. The summed E-state index contributed by atoms with van der Waals surface area (Å²) in [4.78, 5) is 13.5. The van der Waals surface area contributed by atoms with E-state index in [1.54, 1.807) is 11.9 Å². The summed E-state index contributed by atoms with van der Waals surface area (Å²) in [6, 6.07) is 3.96. The van der Waals surface area contributed by atoms with Gasteiger partial charge in [0.15, 0.2) is 11.6 Å². The van der Waals surface area contributed by atoms with Crippen molar-refractivity contribution < 1.29 is 13.6 Å². The van der Waals surface area contributed by atoms with Crippen LogP contribution in [0.2, 0.25) is 0 Å². The maximum Gasteiger partial charge on any atom is 0.224 e. The molecule has 1 amide bonds. The van der Waals surface area contributed by atoms with Crippen molar-refractivity contribution in [3.8, 4) is 0 Å². The zero-order valence-electron chi connectivity index (χ0n) is 11.4. The fourth-order valence-electron chi connectivity index (χ4n) is 2.30. The number of hydrogen-bond acceptors (Lipinski definition) is 2. The molecule has 3 nitrogen and oxygen atoms in total. The van der Waals surface area contributed by atoms with Gasteiger partial charge >= 0.3 is 0 Å². The molecule has 0 spiro atoms. The van der Waals surface area contributed by atoms with Crippen LogP contribution in [0.3, 0.4) is 0 Å². The Labute approximate surface area is 123 Å². The first-order valence-electron chi connectivity index (χ1n) is 6.47. The fourth-order valence-corrected chi connectivity index (χ4v) is 2.30. The lowest BCUT2D eigenvalue weighted by Gasteiger charge is -2.19. The summed E-state index contributed by atoms with van der Waals surface area (Å²) in [6.45, 7) is 1.26. The molecule has 2 rings (SSSR count). The van der Waals surface area contributed by atoms with Gasteiger partial charge in [-0.05, 0) is 37.1 Å². The van der Waals surface area contributed by atoms with Crippen molar-refractivity contribution in [1.29, 1.82) is 0 Å². The number of nitrogens with zero attached hydrogens (tertiary/aromatic N) is 1. The van der Waals surface area contributed by atoms with Crippen molar-refractivity contribution in [3.63, 3.8) is 0 Å². The van der Waals surface area contributed by atoms with Crippen LogP contribution in [0.5, 0.6) is 0 Å². The molecule has 1 atom stereocenters. The molecule has 112 valence electrons. The van der Waals surface area contributed by atoms with Crippen molar-refractivity contribution in [1.82, 2.24) is 10.2 Å². The third-order valence-corrected chi connectivity index (χ3v) is 3.41. The topological polar surface area (TPSA) is 32.3 Å². The normalized spacial score (nSPS) is 17.6. The molecule has 1 unspecified atom stereocenters. The zero-order chi connectivity index (χ0) is 13.8. The first-order valence-corrected chi connectivity index (χ1v) is 6.47. The van der Waals surface area contributed by atoms with Crippen LogP contribution in [0.25, 0.3) is 0 Å². The van der Waals surface area contributed by atoms with Gasteiger partial charge in [-0.2, -0.15) is 0 Å². The van der Waals surface area contributed by atoms with Gasteiger partial charge in [-0.3, -0.25) is 4.79 Å². The van der Waals surface area contributed by atoms with Gasteiger partial charge < -0.3 is 10.2 Å². The van der Waals surface area contributed by atoms with E-state index in [4.69, 9.17) is 0 Å². The molecule has 0 bridgehead atoms. The standard InChI is InChI=1S/C14H18F2N2O.ClH/c1-18(14(19)8-11-3-2-6-17-11)9-10-4-5-12(15)13(16)7-10;/h4-5,7,11,17H,2-3,6,8-9H2,1H3;1H. The Hall–Kier alpha value is -1.20. The quantitative estimate of drug-likeness (QED) is 0.927. The van der Waals surface area contributed by atoms with Crippen LogP contribution >= 0.6 is 12.4 Å². The molecule has 0 aliphatic carbocycles. The van der Waals surface area contributed by atoms with Gasteiger partial charge in [-0.15, -0.1) is 12.4 Å². The lowest BCUT2D eigenvalue weighted by Crippen LogP contribution is -2.33. The molecule has 6 heteroatoms. The molecule has 1 aliphatic heterocycles. The molecule has 0 aromatic heterocycles. The predicted molar refractivity (Wildman–Crippen MR) is 75.7 cm³/mol. The van der Waals surface area contributed by atoms with E-state index in [0.717, 1.165) is 31.5 Å². The monoisotopic (exact) mass is 304 g/mol. The van der Waals surface area contributed by atoms with Crippen molar-refractivity contribution in [2.24, 2.45) is 0 Å². The van der Waals surface area contributed by atoms with E-state index in [1.165, 1.54) is 6.07 Å². The number of benzene rings is 1. The molecule has 20 heavy (non-hydrogen) atoms. The molecular formula is C14H19ClF2N2O. The summed E-state index contributed by atoms with van der Waals surface area (Å²) >= 11 is 0. The molecule has 1 aromatic rings. The van der Waals surface area contributed by atoms with E-state index in [0.29, 0.717) is 18.5 Å². The molecule has 1 N–H and O–H groups in total. The average molecular weight is 305 g/mol. The van der Waals surface area contributed by atoms with E-state index in [2.05, 4.69) is 5.32 Å². The molecule has 0 radical (unpaired) electrons. The highest BCUT2D eigenvalue weighted by molar-refractivity contribution is 5.85. The summed E-state index contributed by atoms with van der Waals surface area (Å²) in [7, 11) is 1.68. The Bertz CT molecular complexity index is 464. The largest absolute Gasteiger partial charge is 0.341 e. The Morgan fingerprint density at radius 2 is 2.15 bits per heavy atom. The SMILES string of the molecule is CN(Cc1ccc(F)c(F)c1)C(=O)CC1CCCN1.Cl. The van der Waals surface area contributed by atoms with Crippen molar-refractivity contribution >= 4 is 18.3 Å². The van der Waals surface area contributed by atoms with Crippen LogP contribution in [-0.4, -0.2) is 30.4 Å². The zero-order valence-corrected chi connectivity index (χ0v) is 12.2. The van der Waals surface area contributed by atoms with Crippen molar-refractivity contribution in [2.75, 3.05) is 13.6 Å². The van der Waals surface area contributed by atoms with Gasteiger partial charge in [0.1, 0.15) is 0 Å². The minimum absolute atomic E-state index is 0. The van der Waals surface area contributed by atoms with Gasteiger partial charge in [0.2, 0.25) is 5.91 Å². The minimum atomic E-state index is -0.879. The summed E-state index contributed by atoms with van der Waals surface area (Å²) in [5.41, 5.74) is 0.592. The van der Waals surface area contributed by atoms with Crippen LogP contribution in [0.15, 0.2) is 18.2 Å². The van der Waals surface area contributed by atoms with E-state index < -0.39 is 11.6 Å². The predicted octanol–water partition coefficient (Wildman–Crippen LogP) is 2.49. The second-order valence-electron chi connectivity index (χ2n) is 5.00. The average Bonchev–Trinajstić information content (AvgIpc) is 2.86. The van der Waals surface area contributed by atoms with Gasteiger partial charge in [0, 0.05) is 26.1 Å². The second-order valence-corrected chi connectivity index (χ2v) is 5.00. The maximum absolute atomic E-state index is 13.1. The maximum atomic E-state index is 13.1. The van der Waals surface area contributed by atoms with Crippen LogP contribution in [-0.2, 0) is 11.3 Å². The van der Waals surface area contributed by atoms with E-state index >= 15 is 0 Å². The van der Waals surface area contributed by atoms with Crippen LogP contribution in [0.1, 0.15) is 24.8 Å². The van der Waals surface area contributed by atoms with E-state index in [-0.39, 0.29) is 24.4 Å². The van der Waals surface area contributed by atoms with Crippen LogP contribution in [0.4, 0.5) is 8.78 Å². The molecule has 1 aromatic carbocycles. The number of hydrogen-bond donors (Lipinski definition) is 1. The van der Waals surface area contributed by atoms with Gasteiger partial charge in [0.25, 0.3) is 0 Å². The first-order chi connectivity index (χ1) is 9.06. The number of halogens is 3. The molecule has 1 aliphatic rings. The van der Waals surface area contributed by atoms with E-state index in [1.807, 2.05) is 0 Å². The fraction of sp³-hybridized carbons (Fsp3) is 0.500. The first kappa shape index (κ1) is 16.9. The van der Waals surface area contributed by atoms with Crippen molar-refractivity contribution in [3.05, 3.63) is 35.4 Å². The Kier molecular flexibility index (Phi) is 6.36. The highest BCUT2D eigenvalue weighted by Crippen LogP contribution is 2.13. The Morgan fingerprint density at radius 3 is 2.75 bits per heavy atom. The molecule has 0 saturated carbocycles. The highest BCUT2D eigenvalue weighted by Gasteiger charge is 2.20. The number of rotatable bonds is 4. The van der Waals surface area contributed by atoms with Crippen molar-refractivity contribution in [2.45, 2.75) is 31.8 Å².